The van der Waals surface area contributed by atoms with Crippen LogP contribution in [0.1, 0.15) is 0 Å². The zero-order valence-electron chi connectivity index (χ0n) is 39.8. The van der Waals surface area contributed by atoms with Gasteiger partial charge in [-0.15, -0.1) is 0 Å². The van der Waals surface area contributed by atoms with Gasteiger partial charge in [-0.3, -0.25) is 4.57 Å². The second-order valence-electron chi connectivity index (χ2n) is 18.3. The van der Waals surface area contributed by atoms with Crippen LogP contribution in [0.2, 0.25) is 0 Å². The van der Waals surface area contributed by atoms with E-state index >= 15 is 0 Å². The summed E-state index contributed by atoms with van der Waals surface area (Å²) in [5.41, 5.74) is 13.8. The molecule has 14 rings (SSSR count). The normalized spacial score (nSPS) is 11.5. The van der Waals surface area contributed by atoms with Gasteiger partial charge < -0.3 is 4.57 Å². The summed E-state index contributed by atoms with van der Waals surface area (Å²) < 4.78 is 4.61. The molecule has 10 aromatic carbocycles. The lowest BCUT2D eigenvalue weighted by atomic mass is 10.0. The molecule has 0 radical (unpaired) electrons. The van der Waals surface area contributed by atoms with Crippen molar-refractivity contribution < 1.29 is 0 Å². The molecular formula is C66H42N8. The largest absolute Gasteiger partial charge is 0.306 e. The van der Waals surface area contributed by atoms with Gasteiger partial charge in [0.05, 0.1) is 27.8 Å². The fourth-order valence-corrected chi connectivity index (χ4v) is 10.4. The molecular weight excluding hydrogens is 905 g/mol. The van der Waals surface area contributed by atoms with E-state index in [1.54, 1.807) is 0 Å². The molecule has 0 unspecified atom stereocenters. The molecule has 346 valence electrons. The van der Waals surface area contributed by atoms with Crippen LogP contribution < -0.4 is 0 Å². The van der Waals surface area contributed by atoms with Crippen molar-refractivity contribution in [2.45, 2.75) is 0 Å². The van der Waals surface area contributed by atoms with E-state index in [1.807, 2.05) is 60.7 Å². The van der Waals surface area contributed by atoms with Gasteiger partial charge in [0.25, 0.3) is 0 Å². The van der Waals surface area contributed by atoms with Crippen molar-refractivity contribution in [3.63, 3.8) is 0 Å². The van der Waals surface area contributed by atoms with Gasteiger partial charge in [0.15, 0.2) is 29.1 Å². The van der Waals surface area contributed by atoms with Crippen LogP contribution in [0.5, 0.6) is 0 Å². The van der Waals surface area contributed by atoms with Crippen LogP contribution in [-0.2, 0) is 0 Å². The number of nitrogens with zero attached hydrogens (tertiary/aromatic N) is 8. The first-order valence-corrected chi connectivity index (χ1v) is 24.7. The third-order valence-electron chi connectivity index (χ3n) is 13.9. The Morgan fingerprint density at radius 2 is 0.608 bits per heavy atom. The molecule has 8 heteroatoms. The Morgan fingerprint density at radius 3 is 1.20 bits per heavy atom. The molecule has 0 atom stereocenters. The van der Waals surface area contributed by atoms with E-state index in [2.05, 4.69) is 203 Å². The van der Waals surface area contributed by atoms with Gasteiger partial charge in [0.2, 0.25) is 5.95 Å². The number of rotatable bonds is 9. The van der Waals surface area contributed by atoms with Crippen molar-refractivity contribution in [2.24, 2.45) is 0 Å². The predicted octanol–water partition coefficient (Wildman–Crippen LogP) is 15.9. The Bertz CT molecular complexity index is 4400. The first-order chi connectivity index (χ1) is 36.7. The predicted molar refractivity (Wildman–Crippen MR) is 300 cm³/mol. The third kappa shape index (κ3) is 7.40. The lowest BCUT2D eigenvalue weighted by molar-refractivity contribution is 0.953. The zero-order valence-corrected chi connectivity index (χ0v) is 39.8. The Hall–Kier alpha value is -10.2. The summed E-state index contributed by atoms with van der Waals surface area (Å²) in [7, 11) is 0. The van der Waals surface area contributed by atoms with Crippen LogP contribution in [0, 0.1) is 0 Å². The minimum atomic E-state index is 0.510. The molecule has 0 aliphatic rings. The molecule has 4 heterocycles. The van der Waals surface area contributed by atoms with Gasteiger partial charge >= 0.3 is 0 Å². The smallest absolute Gasteiger partial charge is 0.238 e. The Labute approximate surface area is 426 Å². The molecule has 0 saturated heterocycles. The maximum Gasteiger partial charge on any atom is 0.238 e. The highest BCUT2D eigenvalue weighted by atomic mass is 15.2. The first-order valence-electron chi connectivity index (χ1n) is 24.7. The summed E-state index contributed by atoms with van der Waals surface area (Å²) in [5.74, 6) is 3.39. The summed E-state index contributed by atoms with van der Waals surface area (Å²) >= 11 is 0. The van der Waals surface area contributed by atoms with Gasteiger partial charge in [0, 0.05) is 49.4 Å². The van der Waals surface area contributed by atoms with Crippen molar-refractivity contribution in [1.29, 1.82) is 0 Å². The van der Waals surface area contributed by atoms with Crippen molar-refractivity contribution in [1.82, 2.24) is 39.0 Å². The Kier molecular flexibility index (Phi) is 10.3. The fourth-order valence-electron chi connectivity index (χ4n) is 10.4. The fraction of sp³-hybridized carbons (Fsp3) is 0. The average molecular weight is 947 g/mol. The van der Waals surface area contributed by atoms with Crippen molar-refractivity contribution in [3.8, 4) is 90.8 Å². The number of hydrogen-bond donors (Lipinski definition) is 0. The van der Waals surface area contributed by atoms with Crippen LogP contribution in [0.25, 0.3) is 134 Å². The van der Waals surface area contributed by atoms with E-state index in [1.165, 1.54) is 0 Å². The number of hydrogen-bond acceptors (Lipinski definition) is 6. The average Bonchev–Trinajstić information content (AvgIpc) is 4.02. The topological polar surface area (TPSA) is 87.2 Å². The Morgan fingerprint density at radius 1 is 0.230 bits per heavy atom. The van der Waals surface area contributed by atoms with E-state index < -0.39 is 0 Å². The maximum atomic E-state index is 5.44. The molecule has 74 heavy (non-hydrogen) atoms. The van der Waals surface area contributed by atoms with Crippen molar-refractivity contribution >= 4 is 43.6 Å². The number of aromatic nitrogens is 8. The van der Waals surface area contributed by atoms with E-state index in [0.717, 1.165) is 99.4 Å². The number of para-hydroxylation sites is 3. The van der Waals surface area contributed by atoms with Gasteiger partial charge in [-0.2, -0.15) is 9.97 Å². The molecule has 0 N–H and O–H groups in total. The summed E-state index contributed by atoms with van der Waals surface area (Å²) in [6.07, 6.45) is 0. The minimum absolute atomic E-state index is 0.510. The van der Waals surface area contributed by atoms with Gasteiger partial charge in [0.1, 0.15) is 0 Å². The molecule has 0 aliphatic heterocycles. The minimum Gasteiger partial charge on any atom is -0.306 e. The summed E-state index contributed by atoms with van der Waals surface area (Å²) in [4.78, 5) is 31.8. The zero-order chi connectivity index (χ0) is 49.0. The lowest BCUT2D eigenvalue weighted by Gasteiger charge is -2.16. The molecule has 4 aromatic heterocycles. The van der Waals surface area contributed by atoms with Crippen LogP contribution in [0.15, 0.2) is 255 Å². The SMILES string of the molecule is c1ccc(-c2ccc(-c3nc(-c4ccccc4)nc(-c4ccccc4-n4c5ccccc5c5ccc6c7ccccc7n(-c7nc(-c8ccccc8)nc(-c8cccc(-c9ccccc9)c8)n7)c6c54)n3)cc2)cc1. The van der Waals surface area contributed by atoms with Gasteiger partial charge in [-0.1, -0.05) is 224 Å². The third-order valence-corrected chi connectivity index (χ3v) is 13.9. The lowest BCUT2D eigenvalue weighted by Crippen LogP contribution is -2.07. The van der Waals surface area contributed by atoms with Crippen molar-refractivity contribution in [3.05, 3.63) is 255 Å². The van der Waals surface area contributed by atoms with Crippen molar-refractivity contribution in [2.75, 3.05) is 0 Å². The van der Waals surface area contributed by atoms with Crippen LogP contribution in [0.3, 0.4) is 0 Å². The molecule has 0 bridgehead atoms. The van der Waals surface area contributed by atoms with Gasteiger partial charge in [-0.05, 0) is 52.6 Å². The van der Waals surface area contributed by atoms with E-state index in [-0.39, 0.29) is 0 Å². The maximum absolute atomic E-state index is 5.44. The van der Waals surface area contributed by atoms with Crippen LogP contribution >= 0.6 is 0 Å². The molecule has 0 aliphatic carbocycles. The molecule has 0 fully saturated rings. The highest BCUT2D eigenvalue weighted by molar-refractivity contribution is 6.24. The van der Waals surface area contributed by atoms with E-state index in [9.17, 15) is 0 Å². The molecule has 0 saturated carbocycles. The van der Waals surface area contributed by atoms with Crippen LogP contribution in [0.4, 0.5) is 0 Å². The second kappa shape index (κ2) is 17.9. The molecule has 0 spiro atoms. The quantitative estimate of drug-likeness (QED) is 0.143. The van der Waals surface area contributed by atoms with E-state index in [4.69, 9.17) is 29.9 Å². The number of benzene rings is 10. The highest BCUT2D eigenvalue weighted by Gasteiger charge is 2.25. The van der Waals surface area contributed by atoms with Gasteiger partial charge in [-0.25, -0.2) is 19.9 Å². The summed E-state index contributed by atoms with van der Waals surface area (Å²) in [6.45, 7) is 0. The monoisotopic (exact) mass is 946 g/mol. The van der Waals surface area contributed by atoms with Crippen LogP contribution in [-0.4, -0.2) is 39.0 Å². The standard InChI is InChI=1S/C66H42N8/c1-5-20-43(21-6-1)45-36-38-48(39-37-45)62-67-61(46-24-9-3-10-25-46)69-65(70-62)55-32-15-18-35-58(55)73-56-33-16-13-30-51(56)53-40-41-54-52-31-14-17-34-57(52)74(60(54)59(53)73)66-71-63(47-26-11-4-12-27-47)68-64(72-66)50-29-19-28-49(42-50)44-22-7-2-8-23-44/h1-42H. The highest BCUT2D eigenvalue weighted by Crippen LogP contribution is 2.43. The second-order valence-corrected chi connectivity index (χ2v) is 18.3. The molecule has 0 amide bonds. The molecule has 14 aromatic rings. The summed E-state index contributed by atoms with van der Waals surface area (Å²) in [6, 6.07) is 88.1. The number of fused-ring (bicyclic) bond motifs is 7. The first kappa shape index (κ1) is 42.7. The molecule has 8 nitrogen and oxygen atoms in total. The summed E-state index contributed by atoms with van der Waals surface area (Å²) in [5, 5.41) is 4.34. The Balaban J connectivity index is 1.03. The van der Waals surface area contributed by atoms with E-state index in [0.29, 0.717) is 35.1 Å².